The molecule has 192 valence electrons. The molecule has 0 aliphatic heterocycles. The van der Waals surface area contributed by atoms with E-state index in [-0.39, 0.29) is 18.5 Å². The van der Waals surface area contributed by atoms with Gasteiger partial charge < -0.3 is 14.9 Å². The van der Waals surface area contributed by atoms with Crippen molar-refractivity contribution in [2.24, 2.45) is 5.92 Å². The second kappa shape index (κ2) is 11.6. The molecule has 0 aliphatic rings. The van der Waals surface area contributed by atoms with E-state index >= 15 is 0 Å². The summed E-state index contributed by atoms with van der Waals surface area (Å²) in [5, 5.41) is 19.8. The van der Waals surface area contributed by atoms with Gasteiger partial charge in [0.2, 0.25) is 11.0 Å². The number of aromatic carboxylic acids is 1. The van der Waals surface area contributed by atoms with Crippen LogP contribution in [-0.2, 0) is 11.3 Å². The molecule has 0 saturated carbocycles. The lowest BCUT2D eigenvalue weighted by Crippen LogP contribution is -2.37. The number of carbonyl (C=O) groups excluding carboxylic acids is 1. The molecule has 0 bridgehead atoms. The van der Waals surface area contributed by atoms with Crippen LogP contribution >= 0.6 is 0 Å². The summed E-state index contributed by atoms with van der Waals surface area (Å²) in [6.07, 6.45) is -0.0588. The molecule has 1 heterocycles. The van der Waals surface area contributed by atoms with Crippen LogP contribution < -0.4 is 9.30 Å². The summed E-state index contributed by atoms with van der Waals surface area (Å²) < 4.78 is 7.71. The first kappa shape index (κ1) is 27.3. The van der Waals surface area contributed by atoms with E-state index in [9.17, 15) is 24.6 Å². The summed E-state index contributed by atoms with van der Waals surface area (Å²) in [7, 11) is 0. The quantitative estimate of drug-likeness (QED) is 0.146. The van der Waals surface area contributed by atoms with Crippen LogP contribution in [0.25, 0.3) is 21.8 Å². The Bertz CT molecular complexity index is 1410. The van der Waals surface area contributed by atoms with Gasteiger partial charge in [-0.05, 0) is 55.2 Å². The van der Waals surface area contributed by atoms with E-state index in [2.05, 4.69) is 20.8 Å². The van der Waals surface area contributed by atoms with E-state index in [1.54, 1.807) is 13.8 Å². The molecular weight excluding hydrogens is 470 g/mol. The lowest BCUT2D eigenvalue weighted by molar-refractivity contribution is -0.644. The molecule has 0 amide bonds. The summed E-state index contributed by atoms with van der Waals surface area (Å²) >= 11 is 0. The summed E-state index contributed by atoms with van der Waals surface area (Å²) in [6, 6.07) is 17.5. The van der Waals surface area contributed by atoms with E-state index in [1.807, 2.05) is 53.1 Å². The summed E-state index contributed by atoms with van der Waals surface area (Å²) in [5.74, 6) is -1.37. The Labute approximate surface area is 215 Å². The number of hydrogen-bond donors (Lipinski definition) is 2. The number of para-hydroxylation sites is 2. The highest BCUT2D eigenvalue weighted by Crippen LogP contribution is 2.30. The first-order chi connectivity index (χ1) is 17.5. The van der Waals surface area contributed by atoms with E-state index in [1.165, 1.54) is 12.1 Å². The van der Waals surface area contributed by atoms with E-state index in [0.29, 0.717) is 33.2 Å². The Kier molecular flexibility index (Phi) is 8.60. The molecule has 0 radical (unpaired) electrons. The van der Waals surface area contributed by atoms with Crippen molar-refractivity contribution < 1.29 is 33.9 Å². The van der Waals surface area contributed by atoms with Crippen LogP contribution in [0.15, 0.2) is 60.7 Å². The first-order valence-corrected chi connectivity index (χ1v) is 12.1. The van der Waals surface area contributed by atoms with Gasteiger partial charge in [-0.2, -0.15) is 4.57 Å². The van der Waals surface area contributed by atoms with Crippen LogP contribution in [0, 0.1) is 19.8 Å². The molecule has 37 heavy (non-hydrogen) atoms. The lowest BCUT2D eigenvalue weighted by atomic mass is 10.0. The van der Waals surface area contributed by atoms with E-state index in [0.717, 1.165) is 17.0 Å². The SMILES string of the molecule is CC(C)C.Cc1cc(C(=O)O)cc(C)c1OC(=O)c1c2ccccc2[n+](CCC(=O)O)c2ccccc12. The topological polar surface area (TPSA) is 105 Å². The Morgan fingerprint density at radius 1 is 0.838 bits per heavy atom. The molecule has 0 aliphatic carbocycles. The average Bonchev–Trinajstić information content (AvgIpc) is 2.83. The maximum atomic E-state index is 13.5. The molecule has 2 N–H and O–H groups in total. The highest BCUT2D eigenvalue weighted by atomic mass is 16.5. The Hall–Kier alpha value is -4.26. The van der Waals surface area contributed by atoms with E-state index in [4.69, 9.17) is 4.74 Å². The zero-order valence-corrected chi connectivity index (χ0v) is 21.7. The van der Waals surface area contributed by atoms with Crippen LogP contribution in [0.2, 0.25) is 0 Å². The summed E-state index contributed by atoms with van der Waals surface area (Å²) in [5.41, 5.74) is 3.02. The number of rotatable bonds is 6. The minimum atomic E-state index is -1.05. The number of aliphatic carboxylic acids is 1. The van der Waals surface area contributed by atoms with Crippen LogP contribution in [-0.4, -0.2) is 28.1 Å². The molecule has 7 nitrogen and oxygen atoms in total. The number of carboxylic acid groups (broad SMARTS) is 2. The molecule has 4 rings (SSSR count). The number of fused-ring (bicyclic) bond motifs is 2. The third-order valence-corrected chi connectivity index (χ3v) is 5.58. The zero-order chi connectivity index (χ0) is 27.3. The van der Waals surface area contributed by atoms with Crippen molar-refractivity contribution in [3.8, 4) is 5.75 Å². The fourth-order valence-corrected chi connectivity index (χ4v) is 4.16. The van der Waals surface area contributed by atoms with Gasteiger partial charge in [-0.1, -0.05) is 45.0 Å². The minimum Gasteiger partial charge on any atom is -0.481 e. The second-order valence-electron chi connectivity index (χ2n) is 9.57. The Balaban J connectivity index is 0.000000886. The minimum absolute atomic E-state index is 0.0588. The first-order valence-electron chi connectivity index (χ1n) is 12.1. The van der Waals surface area contributed by atoms with Crippen LogP contribution in [0.1, 0.15) is 59.0 Å². The van der Waals surface area contributed by atoms with Gasteiger partial charge in [0.1, 0.15) is 12.2 Å². The van der Waals surface area contributed by atoms with Crippen molar-refractivity contribution >= 4 is 39.7 Å². The number of esters is 1. The highest BCUT2D eigenvalue weighted by molar-refractivity contribution is 6.13. The molecular formula is C30H32NO6+. The van der Waals surface area contributed by atoms with Crippen molar-refractivity contribution in [1.29, 1.82) is 0 Å². The van der Waals surface area contributed by atoms with Gasteiger partial charge in [-0.15, -0.1) is 0 Å². The maximum Gasteiger partial charge on any atom is 0.345 e. The van der Waals surface area contributed by atoms with Crippen LogP contribution in [0.4, 0.5) is 0 Å². The Morgan fingerprint density at radius 3 is 1.73 bits per heavy atom. The molecule has 0 saturated heterocycles. The molecule has 0 unspecified atom stereocenters. The highest BCUT2D eigenvalue weighted by Gasteiger charge is 2.26. The predicted octanol–water partition coefficient (Wildman–Crippen LogP) is 5.95. The van der Waals surface area contributed by atoms with Gasteiger partial charge >= 0.3 is 17.9 Å². The van der Waals surface area contributed by atoms with Gasteiger partial charge in [0.05, 0.1) is 21.9 Å². The predicted molar refractivity (Wildman–Crippen MR) is 142 cm³/mol. The van der Waals surface area contributed by atoms with Gasteiger partial charge in [0, 0.05) is 12.1 Å². The number of aryl methyl sites for hydroxylation is 3. The number of aromatic nitrogens is 1. The van der Waals surface area contributed by atoms with Gasteiger partial charge in [-0.3, -0.25) is 4.79 Å². The molecule has 3 aromatic carbocycles. The lowest BCUT2D eigenvalue weighted by Gasteiger charge is -2.14. The molecule has 7 heteroatoms. The standard InChI is InChI=1S/C26H21NO6.C4H10/c1-15-13-17(25(30)31)14-16(2)24(15)33-26(32)23-18-7-3-5-9-20(18)27(12-11-22(28)29)21-10-6-4-8-19(21)23;1-4(2)3/h3-10,13-14H,11-12H2,1-2H3,(H-,28,29,30,31);4H,1-3H3/p+1. The van der Waals surface area contributed by atoms with Crippen molar-refractivity contribution in [1.82, 2.24) is 0 Å². The number of nitrogens with zero attached hydrogens (tertiary/aromatic N) is 1. The van der Waals surface area contributed by atoms with Crippen LogP contribution in [0.3, 0.4) is 0 Å². The van der Waals surface area contributed by atoms with Gasteiger partial charge in [0.25, 0.3) is 0 Å². The number of carboxylic acids is 2. The van der Waals surface area contributed by atoms with E-state index < -0.39 is 17.9 Å². The number of benzene rings is 3. The van der Waals surface area contributed by atoms with Gasteiger partial charge in [0.15, 0.2) is 6.54 Å². The third kappa shape index (κ3) is 6.30. The molecule has 1 aromatic heterocycles. The monoisotopic (exact) mass is 502 g/mol. The fourth-order valence-electron chi connectivity index (χ4n) is 4.16. The van der Waals surface area contributed by atoms with Crippen molar-refractivity contribution in [3.05, 3.63) is 82.9 Å². The van der Waals surface area contributed by atoms with Crippen molar-refractivity contribution in [2.75, 3.05) is 0 Å². The van der Waals surface area contributed by atoms with Crippen LogP contribution in [0.5, 0.6) is 5.75 Å². The molecule has 4 aromatic rings. The van der Waals surface area contributed by atoms with Crippen molar-refractivity contribution in [2.45, 2.75) is 47.6 Å². The molecule has 0 fully saturated rings. The zero-order valence-electron chi connectivity index (χ0n) is 21.7. The fraction of sp³-hybridized carbons (Fsp3) is 0.267. The number of carbonyl (C=O) groups is 3. The summed E-state index contributed by atoms with van der Waals surface area (Å²) in [6.45, 7) is 10.1. The Morgan fingerprint density at radius 2 is 1.30 bits per heavy atom. The average molecular weight is 503 g/mol. The largest absolute Gasteiger partial charge is 0.481 e. The molecule has 0 spiro atoms. The normalized spacial score (nSPS) is 10.8. The van der Waals surface area contributed by atoms with Gasteiger partial charge in [-0.25, -0.2) is 9.59 Å². The second-order valence-corrected chi connectivity index (χ2v) is 9.57. The smallest absolute Gasteiger partial charge is 0.345 e. The molecule has 0 atom stereocenters. The number of hydrogen-bond acceptors (Lipinski definition) is 4. The summed E-state index contributed by atoms with van der Waals surface area (Å²) in [4.78, 5) is 36.1. The maximum absolute atomic E-state index is 13.5. The number of ether oxygens (including phenoxy) is 1. The van der Waals surface area contributed by atoms with Crippen molar-refractivity contribution in [3.63, 3.8) is 0 Å². The third-order valence-electron chi connectivity index (χ3n) is 5.58. The number of pyridine rings is 1.